The quantitative estimate of drug-likeness (QED) is 0.478. The number of unbranched alkanes of at least 4 members (excludes halogenated alkanes) is 1. The molecule has 0 radical (unpaired) electrons. The van der Waals surface area contributed by atoms with Crippen LogP contribution >= 0.6 is 0 Å². The molecule has 1 saturated carbocycles. The number of carbonyl (C=O) groups is 3. The summed E-state index contributed by atoms with van der Waals surface area (Å²) in [5.74, 6) is -1.38. The van der Waals surface area contributed by atoms with Gasteiger partial charge in [0.2, 0.25) is 5.91 Å². The van der Waals surface area contributed by atoms with Crippen molar-refractivity contribution in [3.05, 3.63) is 59.7 Å². The van der Waals surface area contributed by atoms with Crippen LogP contribution in [0.4, 0.5) is 4.79 Å². The van der Waals surface area contributed by atoms with Crippen molar-refractivity contribution < 1.29 is 24.2 Å². The van der Waals surface area contributed by atoms with Crippen LogP contribution in [-0.4, -0.2) is 41.8 Å². The van der Waals surface area contributed by atoms with Gasteiger partial charge >= 0.3 is 12.1 Å². The third-order valence-corrected chi connectivity index (χ3v) is 7.22. The summed E-state index contributed by atoms with van der Waals surface area (Å²) in [6, 6.07) is 15.6. The first-order chi connectivity index (χ1) is 17.0. The number of hydrogen-bond acceptors (Lipinski definition) is 4. The predicted octanol–water partition coefficient (Wildman–Crippen LogP) is 4.84. The van der Waals surface area contributed by atoms with Crippen LogP contribution in [0.15, 0.2) is 48.5 Å². The van der Waals surface area contributed by atoms with Crippen LogP contribution in [0.2, 0.25) is 0 Å². The van der Waals surface area contributed by atoms with Crippen LogP contribution in [0.3, 0.4) is 0 Å². The molecule has 7 heteroatoms. The molecule has 0 unspecified atom stereocenters. The van der Waals surface area contributed by atoms with E-state index in [1.165, 1.54) is 0 Å². The second-order valence-corrected chi connectivity index (χ2v) is 9.56. The molecule has 0 heterocycles. The van der Waals surface area contributed by atoms with Gasteiger partial charge in [0.15, 0.2) is 0 Å². The van der Waals surface area contributed by atoms with Crippen molar-refractivity contribution in [2.45, 2.75) is 69.9 Å². The van der Waals surface area contributed by atoms with Gasteiger partial charge in [-0.15, -0.1) is 0 Å². The molecule has 4 rings (SSSR count). The zero-order chi connectivity index (χ0) is 24.8. The Morgan fingerprint density at radius 1 is 0.971 bits per heavy atom. The number of benzene rings is 2. The number of ether oxygens (including phenoxy) is 1. The molecule has 2 aromatic carbocycles. The fourth-order valence-corrected chi connectivity index (χ4v) is 5.25. The SMILES string of the molecule is CCCC[C@H](NC(=O)OCC1c2ccccc2-c2ccccc21)C(=O)NC1CCC(C(=O)O)CC1. The van der Waals surface area contributed by atoms with Crippen molar-refractivity contribution in [3.63, 3.8) is 0 Å². The van der Waals surface area contributed by atoms with Crippen molar-refractivity contribution in [1.82, 2.24) is 10.6 Å². The number of carboxylic acids is 1. The second-order valence-electron chi connectivity index (χ2n) is 9.56. The van der Waals surface area contributed by atoms with E-state index < -0.39 is 18.1 Å². The first-order valence-electron chi connectivity index (χ1n) is 12.6. The lowest BCUT2D eigenvalue weighted by Crippen LogP contribution is -2.50. The van der Waals surface area contributed by atoms with Gasteiger partial charge < -0.3 is 20.5 Å². The summed E-state index contributed by atoms with van der Waals surface area (Å²) in [7, 11) is 0. The predicted molar refractivity (Wildman–Crippen MR) is 133 cm³/mol. The summed E-state index contributed by atoms with van der Waals surface area (Å²) in [6.45, 7) is 2.23. The van der Waals surface area contributed by atoms with Crippen LogP contribution < -0.4 is 10.6 Å². The van der Waals surface area contributed by atoms with Gasteiger partial charge in [0.05, 0.1) is 5.92 Å². The third-order valence-electron chi connectivity index (χ3n) is 7.22. The lowest BCUT2D eigenvalue weighted by Gasteiger charge is -2.28. The molecule has 0 saturated heterocycles. The number of rotatable bonds is 9. The van der Waals surface area contributed by atoms with Crippen LogP contribution in [0.25, 0.3) is 11.1 Å². The molecule has 7 nitrogen and oxygen atoms in total. The first-order valence-corrected chi connectivity index (χ1v) is 12.6. The molecule has 2 aliphatic rings. The Labute approximate surface area is 206 Å². The summed E-state index contributed by atoms with van der Waals surface area (Å²) in [4.78, 5) is 36.9. The van der Waals surface area contributed by atoms with Gasteiger partial charge in [0.25, 0.3) is 0 Å². The average Bonchev–Trinajstić information content (AvgIpc) is 3.19. The first kappa shape index (κ1) is 24.8. The summed E-state index contributed by atoms with van der Waals surface area (Å²) in [5, 5.41) is 15.0. The number of nitrogens with one attached hydrogen (secondary N) is 2. The summed E-state index contributed by atoms with van der Waals surface area (Å²) >= 11 is 0. The minimum absolute atomic E-state index is 0.0412. The Balaban J connectivity index is 1.34. The number of alkyl carbamates (subject to hydrolysis) is 1. The maximum Gasteiger partial charge on any atom is 0.407 e. The Hall–Kier alpha value is -3.35. The number of carbonyl (C=O) groups excluding carboxylic acids is 2. The van der Waals surface area contributed by atoms with E-state index in [1.54, 1.807) is 0 Å². The molecule has 3 N–H and O–H groups in total. The Morgan fingerprint density at radius 2 is 1.57 bits per heavy atom. The zero-order valence-electron chi connectivity index (χ0n) is 20.2. The maximum atomic E-state index is 13.0. The largest absolute Gasteiger partial charge is 0.481 e. The zero-order valence-corrected chi connectivity index (χ0v) is 20.2. The Kier molecular flexibility index (Phi) is 8.06. The van der Waals surface area contributed by atoms with Crippen LogP contribution in [0.5, 0.6) is 0 Å². The topological polar surface area (TPSA) is 105 Å². The fraction of sp³-hybridized carbons (Fsp3) is 0.464. The Morgan fingerprint density at radius 3 is 2.14 bits per heavy atom. The molecule has 1 atom stereocenters. The van der Waals surface area contributed by atoms with E-state index >= 15 is 0 Å². The molecule has 0 bridgehead atoms. The minimum atomic E-state index is -0.771. The van der Waals surface area contributed by atoms with E-state index in [1.807, 2.05) is 31.2 Å². The highest BCUT2D eigenvalue weighted by Gasteiger charge is 2.31. The van der Waals surface area contributed by atoms with E-state index in [2.05, 4.69) is 34.9 Å². The van der Waals surface area contributed by atoms with E-state index in [0.29, 0.717) is 32.1 Å². The lowest BCUT2D eigenvalue weighted by atomic mass is 9.86. The molecule has 2 amide bonds. The van der Waals surface area contributed by atoms with Crippen molar-refractivity contribution in [2.75, 3.05) is 6.61 Å². The van der Waals surface area contributed by atoms with E-state index in [9.17, 15) is 19.5 Å². The van der Waals surface area contributed by atoms with Crippen LogP contribution in [0.1, 0.15) is 68.9 Å². The van der Waals surface area contributed by atoms with Crippen molar-refractivity contribution in [2.24, 2.45) is 5.92 Å². The molecule has 1 fully saturated rings. The van der Waals surface area contributed by atoms with E-state index in [4.69, 9.17) is 4.74 Å². The highest BCUT2D eigenvalue weighted by atomic mass is 16.5. The molecule has 0 spiro atoms. The minimum Gasteiger partial charge on any atom is -0.481 e. The Bertz CT molecular complexity index is 1020. The lowest BCUT2D eigenvalue weighted by molar-refractivity contribution is -0.142. The third kappa shape index (κ3) is 5.84. The summed E-state index contributed by atoms with van der Waals surface area (Å²) < 4.78 is 5.64. The maximum absolute atomic E-state index is 13.0. The number of fused-ring (bicyclic) bond motifs is 3. The molecule has 0 aliphatic heterocycles. The van der Waals surface area contributed by atoms with Crippen LogP contribution in [0, 0.1) is 5.92 Å². The summed E-state index contributed by atoms with van der Waals surface area (Å²) in [6.07, 6.45) is 4.00. The van der Waals surface area contributed by atoms with E-state index in [-0.39, 0.29) is 30.4 Å². The van der Waals surface area contributed by atoms with Crippen molar-refractivity contribution in [3.8, 4) is 11.1 Å². The average molecular weight is 479 g/mol. The standard InChI is InChI=1S/C28H34N2O5/c1-2-3-12-25(26(31)29-19-15-13-18(14-16-19)27(32)33)30-28(34)35-17-24-22-10-6-4-8-20(22)21-9-5-7-11-23(21)24/h4-11,18-19,24-25H,2-3,12-17H2,1H3,(H,29,31)(H,30,34)(H,32,33)/t18?,19?,25-/m0/s1. The van der Waals surface area contributed by atoms with Gasteiger partial charge in [-0.2, -0.15) is 0 Å². The monoisotopic (exact) mass is 478 g/mol. The van der Waals surface area contributed by atoms with Gasteiger partial charge in [-0.3, -0.25) is 9.59 Å². The molecule has 186 valence electrons. The highest BCUT2D eigenvalue weighted by molar-refractivity contribution is 5.86. The van der Waals surface area contributed by atoms with Gasteiger partial charge in [0.1, 0.15) is 12.6 Å². The fourth-order valence-electron chi connectivity index (χ4n) is 5.25. The molecular weight excluding hydrogens is 444 g/mol. The van der Waals surface area contributed by atoms with Gasteiger partial charge in [-0.25, -0.2) is 4.79 Å². The van der Waals surface area contributed by atoms with Gasteiger partial charge in [0, 0.05) is 12.0 Å². The number of carboxylic acid groups (broad SMARTS) is 1. The second kappa shape index (κ2) is 11.4. The van der Waals surface area contributed by atoms with Gasteiger partial charge in [-0.1, -0.05) is 68.3 Å². The van der Waals surface area contributed by atoms with E-state index in [0.717, 1.165) is 35.1 Å². The van der Waals surface area contributed by atoms with Crippen molar-refractivity contribution in [1.29, 1.82) is 0 Å². The molecule has 2 aromatic rings. The summed E-state index contributed by atoms with van der Waals surface area (Å²) in [5.41, 5.74) is 4.60. The number of hydrogen-bond donors (Lipinski definition) is 3. The molecular formula is C28H34N2O5. The normalized spacial score (nSPS) is 19.8. The number of aliphatic carboxylic acids is 1. The van der Waals surface area contributed by atoms with Gasteiger partial charge in [-0.05, 0) is 54.4 Å². The van der Waals surface area contributed by atoms with Crippen LogP contribution in [-0.2, 0) is 14.3 Å². The molecule has 0 aromatic heterocycles. The molecule has 2 aliphatic carbocycles. The molecule has 35 heavy (non-hydrogen) atoms. The highest BCUT2D eigenvalue weighted by Crippen LogP contribution is 2.44. The number of amides is 2. The van der Waals surface area contributed by atoms with Crippen molar-refractivity contribution >= 4 is 18.0 Å². The smallest absolute Gasteiger partial charge is 0.407 e.